The molecule has 188 valence electrons. The van der Waals surface area contributed by atoms with Gasteiger partial charge in [0, 0.05) is 66.1 Å². The number of rotatable bonds is 9. The molecule has 0 spiro atoms. The Kier molecular flexibility index (Phi) is 7.89. The van der Waals surface area contributed by atoms with Gasteiger partial charge in [0.15, 0.2) is 4.96 Å². The number of piperazine rings is 1. The summed E-state index contributed by atoms with van der Waals surface area (Å²) in [7, 11) is 1.72. The lowest BCUT2D eigenvalue weighted by molar-refractivity contribution is 0.0952. The van der Waals surface area contributed by atoms with Gasteiger partial charge in [-0.05, 0) is 49.7 Å². The van der Waals surface area contributed by atoms with E-state index in [4.69, 9.17) is 4.74 Å². The Morgan fingerprint density at radius 3 is 2.67 bits per heavy atom. The Morgan fingerprint density at radius 2 is 1.92 bits per heavy atom. The Bertz CT molecular complexity index is 1280. The van der Waals surface area contributed by atoms with E-state index in [1.165, 1.54) is 0 Å². The number of carbonyl (C=O) groups is 1. The molecule has 2 aromatic heterocycles. The number of hydrogen-bond acceptors (Lipinski definition) is 6. The minimum absolute atomic E-state index is 0.0237. The Balaban J connectivity index is 1.01. The smallest absolute Gasteiger partial charge is 0.251 e. The number of benzene rings is 2. The molecule has 5 rings (SSSR count). The molecule has 0 unspecified atom stereocenters. The predicted octanol–water partition coefficient (Wildman–Crippen LogP) is 5.17. The summed E-state index contributed by atoms with van der Waals surface area (Å²) in [5, 5.41) is 5.07. The van der Waals surface area contributed by atoms with Crippen molar-refractivity contribution in [2.75, 3.05) is 51.3 Å². The third-order valence-electron chi connectivity index (χ3n) is 6.58. The number of nitrogens with zero attached hydrogens (tertiary/aromatic N) is 4. The molecule has 7 nitrogen and oxygen atoms in total. The quantitative estimate of drug-likeness (QED) is 0.283. The van der Waals surface area contributed by atoms with Crippen LogP contribution in [0.1, 0.15) is 23.2 Å². The number of ether oxygens (including phenoxy) is 1. The zero-order valence-electron chi connectivity index (χ0n) is 20.3. The molecule has 4 aromatic rings. The number of halogens is 1. The number of aromatic nitrogens is 2. The molecule has 2 aromatic carbocycles. The third kappa shape index (κ3) is 5.74. The number of thiazole rings is 1. The normalized spacial score (nSPS) is 14.3. The number of methoxy groups -OCH3 is 1. The lowest BCUT2D eigenvalue weighted by Gasteiger charge is -2.36. The molecule has 1 fully saturated rings. The van der Waals surface area contributed by atoms with Gasteiger partial charge < -0.3 is 15.0 Å². The topological polar surface area (TPSA) is 62.1 Å². The average Bonchev–Trinajstić information content (AvgIpc) is 3.52. The summed E-state index contributed by atoms with van der Waals surface area (Å²) >= 11 is 5.12. The predicted molar refractivity (Wildman–Crippen MR) is 149 cm³/mol. The van der Waals surface area contributed by atoms with Crippen molar-refractivity contribution in [1.82, 2.24) is 19.6 Å². The third-order valence-corrected chi connectivity index (χ3v) is 7.84. The first-order valence-electron chi connectivity index (χ1n) is 12.2. The van der Waals surface area contributed by atoms with Crippen molar-refractivity contribution in [2.45, 2.75) is 12.8 Å². The number of amides is 1. The first-order valence-corrected chi connectivity index (χ1v) is 13.9. The fourth-order valence-corrected chi connectivity index (χ4v) is 5.59. The molecule has 0 radical (unpaired) electrons. The molecule has 1 saturated heterocycles. The number of carbonyl (C=O) groups excluding carboxylic acids is 1. The highest BCUT2D eigenvalue weighted by Crippen LogP contribution is 2.32. The first-order chi connectivity index (χ1) is 17.6. The van der Waals surface area contributed by atoms with Crippen LogP contribution in [0.25, 0.3) is 16.2 Å². The van der Waals surface area contributed by atoms with E-state index < -0.39 is 0 Å². The zero-order chi connectivity index (χ0) is 24.9. The molecule has 36 heavy (non-hydrogen) atoms. The molecular weight excluding hydrogens is 538 g/mol. The lowest BCUT2D eigenvalue weighted by atomic mass is 10.1. The van der Waals surface area contributed by atoms with E-state index in [9.17, 15) is 4.79 Å². The first kappa shape index (κ1) is 24.8. The molecule has 1 aliphatic rings. The van der Waals surface area contributed by atoms with Gasteiger partial charge in [0.1, 0.15) is 5.75 Å². The van der Waals surface area contributed by atoms with Crippen LogP contribution in [0.4, 0.5) is 5.69 Å². The van der Waals surface area contributed by atoms with Gasteiger partial charge in [-0.25, -0.2) is 4.98 Å². The van der Waals surface area contributed by atoms with Crippen LogP contribution in [0.15, 0.2) is 64.7 Å². The highest BCUT2D eigenvalue weighted by molar-refractivity contribution is 9.10. The van der Waals surface area contributed by atoms with E-state index in [0.717, 1.165) is 77.7 Å². The summed E-state index contributed by atoms with van der Waals surface area (Å²) in [4.78, 5) is 23.0. The van der Waals surface area contributed by atoms with Crippen molar-refractivity contribution in [2.24, 2.45) is 0 Å². The van der Waals surface area contributed by atoms with Gasteiger partial charge >= 0.3 is 0 Å². The van der Waals surface area contributed by atoms with E-state index in [-0.39, 0.29) is 5.91 Å². The maximum Gasteiger partial charge on any atom is 0.251 e. The maximum atomic E-state index is 12.5. The Labute approximate surface area is 223 Å². The van der Waals surface area contributed by atoms with Gasteiger partial charge in [0.05, 0.1) is 18.5 Å². The van der Waals surface area contributed by atoms with Gasteiger partial charge in [-0.3, -0.25) is 14.1 Å². The van der Waals surface area contributed by atoms with Crippen molar-refractivity contribution in [1.29, 1.82) is 0 Å². The van der Waals surface area contributed by atoms with E-state index in [1.807, 2.05) is 52.5 Å². The highest BCUT2D eigenvalue weighted by Gasteiger charge is 2.19. The summed E-state index contributed by atoms with van der Waals surface area (Å²) < 4.78 is 8.60. The van der Waals surface area contributed by atoms with Crippen LogP contribution in [-0.2, 0) is 0 Å². The summed E-state index contributed by atoms with van der Waals surface area (Å²) in [6.45, 7) is 5.79. The van der Waals surface area contributed by atoms with Crippen molar-refractivity contribution in [3.05, 3.63) is 70.3 Å². The van der Waals surface area contributed by atoms with Crippen LogP contribution in [0.2, 0.25) is 0 Å². The molecule has 0 saturated carbocycles. The second kappa shape index (κ2) is 11.5. The SMILES string of the molecule is COc1cc(Br)ccc1N1CCN(CCCCNC(=O)c2ccc(-c3cn4ccsc4n3)cc2)CC1. The van der Waals surface area contributed by atoms with E-state index >= 15 is 0 Å². The Morgan fingerprint density at radius 1 is 1.11 bits per heavy atom. The molecule has 9 heteroatoms. The van der Waals surface area contributed by atoms with Crippen LogP contribution in [0.5, 0.6) is 5.75 Å². The largest absolute Gasteiger partial charge is 0.495 e. The lowest BCUT2D eigenvalue weighted by Crippen LogP contribution is -2.46. The standard InChI is InChI=1S/C27H30BrN5O2S/c1-35-25-18-22(28)8-9-24(25)32-14-12-31(13-15-32)11-3-2-10-29-26(34)21-6-4-20(5-7-21)23-19-33-16-17-36-27(33)30-23/h4-9,16-19H,2-3,10-15H2,1H3,(H,29,34). The number of fused-ring (bicyclic) bond motifs is 1. The fourth-order valence-electron chi connectivity index (χ4n) is 4.55. The molecule has 0 bridgehead atoms. The number of anilines is 1. The summed E-state index contributed by atoms with van der Waals surface area (Å²) in [5.41, 5.74) is 3.77. The van der Waals surface area contributed by atoms with Crippen LogP contribution in [0.3, 0.4) is 0 Å². The van der Waals surface area contributed by atoms with Gasteiger partial charge in [0.2, 0.25) is 0 Å². The van der Waals surface area contributed by atoms with Crippen LogP contribution >= 0.6 is 27.3 Å². The second-order valence-corrected chi connectivity index (χ2v) is 10.7. The van der Waals surface area contributed by atoms with Crippen LogP contribution in [0, 0.1) is 0 Å². The second-order valence-electron chi connectivity index (χ2n) is 8.90. The van der Waals surface area contributed by atoms with E-state index in [2.05, 4.69) is 48.2 Å². The van der Waals surface area contributed by atoms with E-state index in [0.29, 0.717) is 12.1 Å². The summed E-state index contributed by atoms with van der Waals surface area (Å²) in [5.74, 6) is 0.883. The van der Waals surface area contributed by atoms with Crippen LogP contribution < -0.4 is 15.0 Å². The summed E-state index contributed by atoms with van der Waals surface area (Å²) in [6.07, 6.45) is 6.05. The monoisotopic (exact) mass is 567 g/mol. The average molecular weight is 569 g/mol. The number of unbranched alkanes of at least 4 members (excludes halogenated alkanes) is 1. The van der Waals surface area contributed by atoms with Gasteiger partial charge in [-0.1, -0.05) is 28.1 Å². The van der Waals surface area contributed by atoms with Crippen molar-refractivity contribution >= 4 is 43.8 Å². The minimum Gasteiger partial charge on any atom is -0.495 e. The van der Waals surface area contributed by atoms with Crippen molar-refractivity contribution < 1.29 is 9.53 Å². The molecule has 3 heterocycles. The number of hydrogen-bond donors (Lipinski definition) is 1. The maximum absolute atomic E-state index is 12.5. The highest BCUT2D eigenvalue weighted by atomic mass is 79.9. The molecule has 1 N–H and O–H groups in total. The molecule has 0 atom stereocenters. The molecule has 0 aliphatic carbocycles. The summed E-state index contributed by atoms with van der Waals surface area (Å²) in [6, 6.07) is 13.9. The van der Waals surface area contributed by atoms with Crippen molar-refractivity contribution in [3.8, 4) is 17.0 Å². The minimum atomic E-state index is -0.0237. The van der Waals surface area contributed by atoms with E-state index in [1.54, 1.807) is 18.4 Å². The van der Waals surface area contributed by atoms with Gasteiger partial charge in [0.25, 0.3) is 5.91 Å². The van der Waals surface area contributed by atoms with Crippen molar-refractivity contribution in [3.63, 3.8) is 0 Å². The fraction of sp³-hybridized carbons (Fsp3) is 0.333. The molecule has 1 amide bonds. The molecular formula is C27H30BrN5O2S. The number of nitrogens with one attached hydrogen (secondary N) is 1. The van der Waals surface area contributed by atoms with Gasteiger partial charge in [-0.2, -0.15) is 0 Å². The number of imidazole rings is 1. The zero-order valence-corrected chi connectivity index (χ0v) is 22.7. The van der Waals surface area contributed by atoms with Crippen LogP contribution in [-0.4, -0.2) is 66.6 Å². The van der Waals surface area contributed by atoms with Gasteiger partial charge in [-0.15, -0.1) is 11.3 Å². The molecule has 1 aliphatic heterocycles. The Hall–Kier alpha value is -2.88.